The number of hydrogen-bond donors (Lipinski definition) is 0. The average Bonchev–Trinajstić information content (AvgIpc) is 2.80. The van der Waals surface area contributed by atoms with Gasteiger partial charge in [-0.3, -0.25) is 14.2 Å². The predicted octanol–water partition coefficient (Wildman–Crippen LogP) is 4.96. The molecule has 3 rings (SSSR count). The van der Waals surface area contributed by atoms with Crippen molar-refractivity contribution in [2.24, 2.45) is 5.41 Å². The second-order valence-corrected chi connectivity index (χ2v) is 8.68. The van der Waals surface area contributed by atoms with E-state index in [0.717, 1.165) is 5.75 Å². The highest BCUT2D eigenvalue weighted by Gasteiger charge is 2.34. The summed E-state index contributed by atoms with van der Waals surface area (Å²) in [7, 11) is 1.74. The Labute approximate surface area is 193 Å². The molecule has 0 saturated heterocycles. The quantitative estimate of drug-likeness (QED) is 0.450. The van der Waals surface area contributed by atoms with Crippen LogP contribution in [0.25, 0.3) is 16.6 Å². The molecule has 1 atom stereocenters. The van der Waals surface area contributed by atoms with Gasteiger partial charge in [-0.25, -0.2) is 4.98 Å². The van der Waals surface area contributed by atoms with Crippen molar-refractivity contribution in [3.05, 3.63) is 64.7 Å². The molecule has 0 fully saturated rings. The summed E-state index contributed by atoms with van der Waals surface area (Å²) in [4.78, 5) is 33.3. The summed E-state index contributed by atoms with van der Waals surface area (Å²) >= 11 is 6.07. The number of alkyl halides is 1. The third-order valence-electron chi connectivity index (χ3n) is 5.59. The molecule has 32 heavy (non-hydrogen) atoms. The van der Waals surface area contributed by atoms with Crippen LogP contribution >= 0.6 is 11.6 Å². The first-order valence-corrected chi connectivity index (χ1v) is 11.4. The zero-order valence-electron chi connectivity index (χ0n) is 19.3. The second kappa shape index (κ2) is 9.74. The van der Waals surface area contributed by atoms with Crippen LogP contribution in [0.15, 0.2) is 53.3 Å². The molecule has 0 aliphatic rings. The number of halogens is 1. The van der Waals surface area contributed by atoms with Gasteiger partial charge >= 0.3 is 0 Å². The minimum atomic E-state index is -0.731. The summed E-state index contributed by atoms with van der Waals surface area (Å²) < 4.78 is 7.15. The van der Waals surface area contributed by atoms with Crippen LogP contribution in [0.1, 0.15) is 46.0 Å². The van der Waals surface area contributed by atoms with Gasteiger partial charge in [-0.1, -0.05) is 19.1 Å². The molecule has 1 heterocycles. The maximum absolute atomic E-state index is 13.6. The van der Waals surface area contributed by atoms with Crippen molar-refractivity contribution in [2.45, 2.75) is 40.2 Å². The van der Waals surface area contributed by atoms with Crippen LogP contribution in [0.5, 0.6) is 5.75 Å². The van der Waals surface area contributed by atoms with Gasteiger partial charge < -0.3 is 9.64 Å². The molecule has 0 spiro atoms. The van der Waals surface area contributed by atoms with Crippen LogP contribution in [-0.4, -0.2) is 39.9 Å². The Balaban J connectivity index is 2.23. The summed E-state index contributed by atoms with van der Waals surface area (Å²) in [6.45, 7) is 8.10. The number of aromatic nitrogens is 2. The van der Waals surface area contributed by atoms with Crippen molar-refractivity contribution in [3.8, 4) is 11.4 Å². The van der Waals surface area contributed by atoms with Crippen LogP contribution in [-0.2, 0) is 4.79 Å². The number of carbonyl (C=O) groups is 1. The number of amides is 1. The van der Waals surface area contributed by atoms with E-state index in [0.29, 0.717) is 35.4 Å². The molecule has 0 aliphatic heterocycles. The number of carbonyl (C=O) groups excluding carboxylic acids is 1. The largest absolute Gasteiger partial charge is 0.494 e. The molecule has 2 aromatic carbocycles. The number of rotatable bonds is 8. The molecule has 7 heteroatoms. The van der Waals surface area contributed by atoms with Gasteiger partial charge in [0.05, 0.1) is 34.7 Å². The summed E-state index contributed by atoms with van der Waals surface area (Å²) in [6.07, 6.45) is 0.586. The Morgan fingerprint density at radius 3 is 2.41 bits per heavy atom. The topological polar surface area (TPSA) is 64.4 Å². The molecule has 0 aliphatic carbocycles. The van der Waals surface area contributed by atoms with Gasteiger partial charge in [0.1, 0.15) is 11.6 Å². The molecule has 6 nitrogen and oxygen atoms in total. The summed E-state index contributed by atoms with van der Waals surface area (Å²) in [6, 6.07) is 14.2. The van der Waals surface area contributed by atoms with Crippen molar-refractivity contribution in [3.63, 3.8) is 0 Å². The number of para-hydroxylation sites is 1. The fourth-order valence-electron chi connectivity index (χ4n) is 3.79. The Bertz CT molecular complexity index is 1160. The average molecular weight is 456 g/mol. The zero-order chi connectivity index (χ0) is 23.5. The Morgan fingerprint density at radius 2 is 1.81 bits per heavy atom. The fourth-order valence-corrected chi connectivity index (χ4v) is 3.90. The monoisotopic (exact) mass is 455 g/mol. The smallest absolute Gasteiger partial charge is 0.266 e. The molecule has 0 bridgehead atoms. The van der Waals surface area contributed by atoms with Gasteiger partial charge in [0.15, 0.2) is 0 Å². The van der Waals surface area contributed by atoms with Gasteiger partial charge in [-0.15, -0.1) is 11.6 Å². The lowest BCUT2D eigenvalue weighted by molar-refractivity contribution is -0.140. The van der Waals surface area contributed by atoms with Crippen LogP contribution in [0.3, 0.4) is 0 Å². The SMILES string of the molecule is CCOc1ccc(-n2c(C(CC)N(C)C(=O)C(C)(C)CCl)nc3ccccc3c2=O)cc1. The number of ether oxygens (including phenoxy) is 1. The van der Waals surface area contributed by atoms with E-state index in [1.807, 2.05) is 70.2 Å². The predicted molar refractivity (Wildman–Crippen MR) is 129 cm³/mol. The van der Waals surface area contributed by atoms with Crippen LogP contribution < -0.4 is 10.3 Å². The number of hydrogen-bond acceptors (Lipinski definition) is 4. The second-order valence-electron chi connectivity index (χ2n) is 8.41. The number of fused-ring (bicyclic) bond motifs is 1. The third-order valence-corrected chi connectivity index (χ3v) is 6.26. The molecule has 3 aromatic rings. The van der Waals surface area contributed by atoms with Crippen molar-refractivity contribution in [2.75, 3.05) is 19.5 Å². The lowest BCUT2D eigenvalue weighted by Gasteiger charge is -2.34. The minimum Gasteiger partial charge on any atom is -0.494 e. The van der Waals surface area contributed by atoms with E-state index in [1.165, 1.54) is 0 Å². The van der Waals surface area contributed by atoms with Gasteiger partial charge in [-0.2, -0.15) is 0 Å². The van der Waals surface area contributed by atoms with Gasteiger partial charge in [0.2, 0.25) is 5.91 Å². The molecule has 1 amide bonds. The summed E-state index contributed by atoms with van der Waals surface area (Å²) in [5, 5.41) is 0.523. The van der Waals surface area contributed by atoms with Gasteiger partial charge in [0, 0.05) is 12.9 Å². The first-order valence-electron chi connectivity index (χ1n) is 10.8. The van der Waals surface area contributed by atoms with E-state index >= 15 is 0 Å². The molecule has 1 unspecified atom stereocenters. The van der Waals surface area contributed by atoms with Crippen molar-refractivity contribution >= 4 is 28.4 Å². The first-order chi connectivity index (χ1) is 15.2. The fraction of sp³-hybridized carbons (Fsp3) is 0.400. The Kier molecular flexibility index (Phi) is 7.24. The maximum Gasteiger partial charge on any atom is 0.266 e. The zero-order valence-corrected chi connectivity index (χ0v) is 20.0. The van der Waals surface area contributed by atoms with E-state index in [1.54, 1.807) is 22.6 Å². The van der Waals surface area contributed by atoms with Gasteiger partial charge in [-0.05, 0) is 63.6 Å². The molecular weight excluding hydrogens is 426 g/mol. The highest BCUT2D eigenvalue weighted by Crippen LogP contribution is 2.30. The molecule has 0 radical (unpaired) electrons. The van der Waals surface area contributed by atoms with Crippen LogP contribution in [0.4, 0.5) is 0 Å². The molecular formula is C25H30ClN3O3. The van der Waals surface area contributed by atoms with Crippen molar-refractivity contribution in [1.82, 2.24) is 14.5 Å². The minimum absolute atomic E-state index is 0.0972. The van der Waals surface area contributed by atoms with Gasteiger partial charge in [0.25, 0.3) is 5.56 Å². The normalized spacial score (nSPS) is 12.6. The Morgan fingerprint density at radius 1 is 1.16 bits per heavy atom. The number of benzene rings is 2. The molecule has 0 N–H and O–H groups in total. The van der Waals surface area contributed by atoms with Crippen LogP contribution in [0, 0.1) is 5.41 Å². The molecule has 0 saturated carbocycles. The van der Waals surface area contributed by atoms with E-state index in [-0.39, 0.29) is 17.3 Å². The van der Waals surface area contributed by atoms with E-state index in [9.17, 15) is 9.59 Å². The summed E-state index contributed by atoms with van der Waals surface area (Å²) in [5.41, 5.74) is 0.365. The van der Waals surface area contributed by atoms with E-state index < -0.39 is 11.5 Å². The van der Waals surface area contributed by atoms with Crippen molar-refractivity contribution in [1.29, 1.82) is 0 Å². The highest BCUT2D eigenvalue weighted by atomic mass is 35.5. The van der Waals surface area contributed by atoms with E-state index in [2.05, 4.69) is 0 Å². The Hall–Kier alpha value is -2.86. The maximum atomic E-state index is 13.6. The lowest BCUT2D eigenvalue weighted by Crippen LogP contribution is -2.43. The highest BCUT2D eigenvalue weighted by molar-refractivity contribution is 6.19. The first kappa shape index (κ1) is 23.8. The molecule has 1 aromatic heterocycles. The number of nitrogens with zero attached hydrogens (tertiary/aromatic N) is 3. The van der Waals surface area contributed by atoms with Crippen molar-refractivity contribution < 1.29 is 9.53 Å². The standard InChI is InChI=1S/C25H30ClN3O3/c1-6-21(28(5)24(31)25(3,4)16-26)22-27-20-11-9-8-10-19(20)23(30)29(22)17-12-14-18(15-13-17)32-7-2/h8-15,21H,6-7,16H2,1-5H3. The van der Waals surface area contributed by atoms with Crippen LogP contribution in [0.2, 0.25) is 0 Å². The lowest BCUT2D eigenvalue weighted by atomic mass is 9.93. The molecule has 170 valence electrons. The van der Waals surface area contributed by atoms with E-state index in [4.69, 9.17) is 21.3 Å². The summed E-state index contributed by atoms with van der Waals surface area (Å²) in [5.74, 6) is 1.34. The third kappa shape index (κ3) is 4.51.